The third kappa shape index (κ3) is 9.63. The maximum Gasteiger partial charge on any atom is 0.181 e. The molecule has 9 aromatic rings. The van der Waals surface area contributed by atoms with Crippen LogP contribution in [-0.4, -0.2) is 56.5 Å². The van der Waals surface area contributed by atoms with Gasteiger partial charge in [0.25, 0.3) is 0 Å². The Morgan fingerprint density at radius 1 is 0.400 bits per heavy atom. The van der Waals surface area contributed by atoms with Gasteiger partial charge in [0, 0.05) is 30.6 Å². The molecule has 0 aliphatic carbocycles. The van der Waals surface area contributed by atoms with Gasteiger partial charge in [0.2, 0.25) is 0 Å². The van der Waals surface area contributed by atoms with E-state index in [4.69, 9.17) is 5.26 Å². The number of benzene rings is 2. The number of aromatic nitrogens is 9. The van der Waals surface area contributed by atoms with E-state index in [-0.39, 0.29) is 0 Å². The Labute approximate surface area is 345 Å². The van der Waals surface area contributed by atoms with E-state index >= 15 is 0 Å². The van der Waals surface area contributed by atoms with Crippen molar-refractivity contribution in [2.45, 2.75) is 6.42 Å². The molecule has 10 rings (SSSR count). The summed E-state index contributed by atoms with van der Waals surface area (Å²) in [5.41, 5.74) is 10.8. The normalized spacial score (nSPS) is 11.4. The Kier molecular flexibility index (Phi) is 12.1. The van der Waals surface area contributed by atoms with Crippen LogP contribution in [0.25, 0.3) is 57.1 Å². The molecule has 12 heteroatoms. The molecule has 0 amide bonds. The zero-order chi connectivity index (χ0) is 40.8. The second-order valence-corrected chi connectivity index (χ2v) is 13.0. The van der Waals surface area contributed by atoms with Crippen molar-refractivity contribution in [1.82, 2.24) is 45.1 Å². The third-order valence-electron chi connectivity index (χ3n) is 8.93. The number of nitriles is 1. The second-order valence-electron chi connectivity index (χ2n) is 13.0. The van der Waals surface area contributed by atoms with Crippen LogP contribution < -0.4 is 0 Å². The number of nitrogens with zero attached hydrogens (tertiary/aromatic N) is 11. The van der Waals surface area contributed by atoms with Gasteiger partial charge in [0.05, 0.1) is 51.3 Å². The van der Waals surface area contributed by atoms with Gasteiger partial charge in [-0.3, -0.25) is 20.1 Å². The van der Waals surface area contributed by atoms with E-state index in [9.17, 15) is 0 Å². The van der Waals surface area contributed by atoms with E-state index in [1.807, 2.05) is 152 Å². The van der Waals surface area contributed by atoms with Crippen molar-refractivity contribution in [3.63, 3.8) is 0 Å². The van der Waals surface area contributed by atoms with Crippen molar-refractivity contribution < 1.29 is 0 Å². The molecule has 2 aromatic carbocycles. The van der Waals surface area contributed by atoms with E-state index in [0.717, 1.165) is 68.1 Å². The maximum absolute atomic E-state index is 8.68. The highest BCUT2D eigenvalue weighted by molar-refractivity contribution is 6.19. The van der Waals surface area contributed by atoms with E-state index in [1.165, 1.54) is 0 Å². The summed E-state index contributed by atoms with van der Waals surface area (Å²) in [6, 6.07) is 56.1. The molecule has 0 spiro atoms. The highest BCUT2D eigenvalue weighted by Crippen LogP contribution is 2.22. The predicted octanol–water partition coefficient (Wildman–Crippen LogP) is 9.35. The minimum atomic E-state index is 0.410. The summed E-state index contributed by atoms with van der Waals surface area (Å²) < 4.78 is 0. The third-order valence-corrected chi connectivity index (χ3v) is 8.93. The second kappa shape index (κ2) is 19.0. The van der Waals surface area contributed by atoms with Crippen molar-refractivity contribution in [1.29, 1.82) is 5.26 Å². The number of rotatable bonds is 7. The monoisotopic (exact) mass is 778 g/mol. The average molecular weight is 779 g/mol. The van der Waals surface area contributed by atoms with Gasteiger partial charge in [-0.25, -0.2) is 19.9 Å². The fourth-order valence-corrected chi connectivity index (χ4v) is 6.00. The fourth-order valence-electron chi connectivity index (χ4n) is 6.00. The molecule has 0 atom stereocenters. The zero-order valence-electron chi connectivity index (χ0n) is 32.0. The van der Waals surface area contributed by atoms with Gasteiger partial charge in [-0.1, -0.05) is 97.1 Å². The number of nitrogens with one attached hydrogen (secondary N) is 1. The number of H-pyrrole nitrogens is 1. The number of pyridine rings is 6. The van der Waals surface area contributed by atoms with Crippen molar-refractivity contribution in [3.05, 3.63) is 205 Å². The average Bonchev–Trinajstić information content (AvgIpc) is 4.06. The fraction of sp³-hybridized carbons (Fsp3) is 0.0208. The Balaban J connectivity index is 0.000000129. The molecule has 8 heterocycles. The Bertz CT molecular complexity index is 2890. The molecular weight excluding hydrogens is 745 g/mol. The number of hydrogen-bond acceptors (Lipinski definition) is 11. The topological polar surface area (TPSA) is 167 Å². The summed E-state index contributed by atoms with van der Waals surface area (Å²) >= 11 is 0. The highest BCUT2D eigenvalue weighted by Gasteiger charge is 2.17. The first-order chi connectivity index (χ1) is 29.7. The quantitative estimate of drug-likeness (QED) is 0.166. The molecular formula is C48H34N12. The lowest BCUT2D eigenvalue weighted by Gasteiger charge is -2.04. The lowest BCUT2D eigenvalue weighted by atomic mass is 10.0. The lowest BCUT2D eigenvalue weighted by Crippen LogP contribution is -2.07. The molecule has 1 aliphatic heterocycles. The number of hydrogen-bond donors (Lipinski definition) is 1. The summed E-state index contributed by atoms with van der Waals surface area (Å²) in [7, 11) is 0. The Hall–Kier alpha value is -8.69. The molecule has 0 bridgehead atoms. The van der Waals surface area contributed by atoms with Gasteiger partial charge >= 0.3 is 0 Å². The predicted molar refractivity (Wildman–Crippen MR) is 232 cm³/mol. The molecule has 1 aliphatic rings. The molecule has 12 nitrogen and oxygen atoms in total. The smallest absolute Gasteiger partial charge is 0.181 e. The Morgan fingerprint density at radius 3 is 1.43 bits per heavy atom. The van der Waals surface area contributed by atoms with Crippen molar-refractivity contribution in [3.8, 4) is 63.1 Å². The van der Waals surface area contributed by atoms with Gasteiger partial charge in [-0.2, -0.15) is 20.6 Å². The summed E-state index contributed by atoms with van der Waals surface area (Å²) in [6.45, 7) is 0. The summed E-state index contributed by atoms with van der Waals surface area (Å²) in [6.07, 6.45) is 5.93. The first kappa shape index (κ1) is 38.2. The molecule has 0 saturated carbocycles. The lowest BCUT2D eigenvalue weighted by molar-refractivity contribution is 1.09. The summed E-state index contributed by atoms with van der Waals surface area (Å²) in [4.78, 5) is 30.8. The van der Waals surface area contributed by atoms with Crippen molar-refractivity contribution in [2.75, 3.05) is 0 Å². The van der Waals surface area contributed by atoms with E-state index in [1.54, 1.807) is 30.7 Å². The van der Waals surface area contributed by atoms with Crippen LogP contribution in [0.5, 0.6) is 0 Å². The van der Waals surface area contributed by atoms with Crippen LogP contribution in [0.3, 0.4) is 0 Å². The number of aromatic amines is 1. The van der Waals surface area contributed by atoms with E-state index < -0.39 is 0 Å². The molecule has 0 saturated heterocycles. The molecule has 1 N–H and O–H groups in total. The van der Waals surface area contributed by atoms with Gasteiger partial charge in [0.15, 0.2) is 11.6 Å². The van der Waals surface area contributed by atoms with Crippen LogP contribution >= 0.6 is 0 Å². The summed E-state index contributed by atoms with van der Waals surface area (Å²) in [5.74, 6) is 1.30. The molecule has 0 unspecified atom stereocenters. The van der Waals surface area contributed by atoms with Crippen LogP contribution in [0.1, 0.15) is 23.4 Å². The van der Waals surface area contributed by atoms with Crippen molar-refractivity contribution in [2.24, 2.45) is 10.2 Å². The zero-order valence-corrected chi connectivity index (χ0v) is 32.0. The summed E-state index contributed by atoms with van der Waals surface area (Å²) in [5, 5.41) is 24.5. The first-order valence-corrected chi connectivity index (χ1v) is 18.9. The van der Waals surface area contributed by atoms with Gasteiger partial charge in [0.1, 0.15) is 17.5 Å². The molecule has 60 heavy (non-hydrogen) atoms. The minimum Gasteiger partial charge on any atom is -0.257 e. The highest BCUT2D eigenvalue weighted by atomic mass is 15.2. The minimum absolute atomic E-state index is 0.410. The molecule has 0 fully saturated rings. The first-order valence-electron chi connectivity index (χ1n) is 18.9. The van der Waals surface area contributed by atoms with E-state index in [0.29, 0.717) is 23.8 Å². The SMILES string of the molecule is N#Cc1cccc(-c2ccccn2)n1.c1ccc(-c2n[nH]c(-c3cccc(-c4ccccn4)n3)n2)cc1.c1ccc(C2=NN=C(c3cccc(-c4ccccn4)n3)C2)cc1. The van der Waals surface area contributed by atoms with E-state index in [2.05, 4.69) is 67.4 Å². The van der Waals surface area contributed by atoms with Crippen molar-refractivity contribution >= 4 is 11.4 Å². The van der Waals surface area contributed by atoms with Crippen LogP contribution in [0.15, 0.2) is 199 Å². The maximum atomic E-state index is 8.68. The van der Waals surface area contributed by atoms with Gasteiger partial charge in [-0.05, 0) is 78.4 Å². The largest absolute Gasteiger partial charge is 0.257 e. The standard InChI is InChI=1S/C19H14N4.C18H13N5.C11H7N3/c1-2-7-14(8-3-1)18-13-19(23-22-18)17-11-6-10-16(21-17)15-9-4-5-12-20-15;1-2-7-13(8-3-1)17-21-18(23-22-17)16-11-6-10-15(20-16)14-9-4-5-12-19-14;12-8-9-4-3-6-11(14-9)10-5-1-2-7-13-10/h1-12H,13H2;1-12H,(H,21,22,23);1-7H. The van der Waals surface area contributed by atoms with Crippen LogP contribution in [0.4, 0.5) is 0 Å². The molecule has 7 aromatic heterocycles. The van der Waals surface area contributed by atoms with Crippen LogP contribution in [0.2, 0.25) is 0 Å². The molecule has 286 valence electrons. The van der Waals surface area contributed by atoms with Gasteiger partial charge < -0.3 is 0 Å². The van der Waals surface area contributed by atoms with Crippen LogP contribution in [-0.2, 0) is 0 Å². The molecule has 0 radical (unpaired) electrons. The Morgan fingerprint density at radius 2 is 0.867 bits per heavy atom. The van der Waals surface area contributed by atoms with Crippen LogP contribution in [0, 0.1) is 11.3 Å². The van der Waals surface area contributed by atoms with Gasteiger partial charge in [-0.15, -0.1) is 0 Å².